The van der Waals surface area contributed by atoms with Crippen LogP contribution in [0.1, 0.15) is 0 Å². The summed E-state index contributed by atoms with van der Waals surface area (Å²) in [6, 6.07) is 0. The van der Waals surface area contributed by atoms with Crippen LogP contribution in [-0.2, 0) is 10.0 Å². The van der Waals surface area contributed by atoms with Gasteiger partial charge in [0, 0.05) is 6.54 Å². The second kappa shape index (κ2) is 2.65. The van der Waals surface area contributed by atoms with E-state index in [0.29, 0.717) is 6.54 Å². The first kappa shape index (κ1) is 7.64. The third-order valence-electron chi connectivity index (χ3n) is 1.18. The first-order valence-corrected chi connectivity index (χ1v) is 4.42. The lowest BCUT2D eigenvalue weighted by atomic mass is 10.5. The number of rotatable bonds is 0. The minimum atomic E-state index is -3.54. The summed E-state index contributed by atoms with van der Waals surface area (Å²) in [6.07, 6.45) is 0. The van der Waals surface area contributed by atoms with Crippen LogP contribution in [0.4, 0.5) is 0 Å². The zero-order valence-corrected chi connectivity index (χ0v) is 6.19. The highest BCUT2D eigenvalue weighted by molar-refractivity contribution is 8.04. The van der Waals surface area contributed by atoms with Crippen LogP contribution in [0.15, 0.2) is 4.99 Å². The third-order valence-corrected chi connectivity index (χ3v) is 2.11. The summed E-state index contributed by atoms with van der Waals surface area (Å²) in [4.78, 5) is 3.74. The Morgan fingerprint density at radius 3 is 2.60 bits per heavy atom. The van der Waals surface area contributed by atoms with Crippen LogP contribution in [0.2, 0.25) is 0 Å². The Morgan fingerprint density at radius 2 is 2.30 bits per heavy atom. The molecule has 1 aliphatic heterocycles. The van der Waals surface area contributed by atoms with Gasteiger partial charge in [0.25, 0.3) is 10.0 Å². The van der Waals surface area contributed by atoms with E-state index >= 15 is 0 Å². The summed E-state index contributed by atoms with van der Waals surface area (Å²) in [6.45, 7) is 1.48. The highest BCUT2D eigenvalue weighted by atomic mass is 32.2. The van der Waals surface area contributed by atoms with Crippen molar-refractivity contribution in [3.05, 3.63) is 0 Å². The van der Waals surface area contributed by atoms with Gasteiger partial charge in [-0.3, -0.25) is 4.99 Å². The second-order valence-corrected chi connectivity index (χ2v) is 3.56. The van der Waals surface area contributed by atoms with Crippen molar-refractivity contribution in [1.29, 1.82) is 0 Å². The molecule has 0 unspecified atom stereocenters. The Morgan fingerprint density at radius 1 is 1.60 bits per heavy atom. The van der Waals surface area contributed by atoms with E-state index < -0.39 is 10.0 Å². The molecule has 58 valence electrons. The lowest BCUT2D eigenvalue weighted by Crippen LogP contribution is -2.38. The van der Waals surface area contributed by atoms with E-state index in [1.807, 2.05) is 0 Å². The van der Waals surface area contributed by atoms with Crippen LogP contribution in [0.5, 0.6) is 0 Å². The van der Waals surface area contributed by atoms with E-state index in [4.69, 9.17) is 5.14 Å². The summed E-state index contributed by atoms with van der Waals surface area (Å²) in [5, 5.41) is 7.72. The fourth-order valence-corrected chi connectivity index (χ4v) is 1.28. The molecule has 0 radical (unpaired) electrons. The number of aliphatic imine (C=N–C) groups is 1. The van der Waals surface area contributed by atoms with Gasteiger partial charge >= 0.3 is 0 Å². The van der Waals surface area contributed by atoms with Gasteiger partial charge in [-0.25, -0.2) is 13.6 Å². The molecule has 0 aromatic rings. The number of nitrogens with two attached hydrogens (primary N) is 1. The number of sulfonamides is 1. The monoisotopic (exact) mass is 163 g/mol. The van der Waals surface area contributed by atoms with Crippen LogP contribution in [-0.4, -0.2) is 33.1 Å². The average molecular weight is 163 g/mol. The predicted octanol–water partition coefficient (Wildman–Crippen LogP) is -1.72. The van der Waals surface area contributed by atoms with Crippen LogP contribution < -0.4 is 10.5 Å². The molecular formula is C4H9N3O2S. The molecule has 0 fully saturated rings. The van der Waals surface area contributed by atoms with Gasteiger partial charge in [-0.15, -0.1) is 0 Å². The Bertz CT molecular complexity index is 243. The summed E-state index contributed by atoms with van der Waals surface area (Å²) < 4.78 is 21.2. The zero-order chi connectivity index (χ0) is 7.61. The summed E-state index contributed by atoms with van der Waals surface area (Å²) >= 11 is 0. The fourth-order valence-electron chi connectivity index (χ4n) is 0.701. The molecular weight excluding hydrogens is 154 g/mol. The number of nitrogens with one attached hydrogen (secondary N) is 1. The van der Waals surface area contributed by atoms with Gasteiger partial charge in [0.2, 0.25) is 0 Å². The van der Waals surface area contributed by atoms with Crippen molar-refractivity contribution in [3.8, 4) is 0 Å². The lowest BCUT2D eigenvalue weighted by molar-refractivity contribution is 0.606. The molecule has 3 N–H and O–H groups in total. The quantitative estimate of drug-likeness (QED) is 0.445. The number of hydrogen-bond donors (Lipinski definition) is 2. The Hall–Kier alpha value is -0.460. The van der Waals surface area contributed by atoms with E-state index in [0.717, 1.165) is 6.54 Å². The maximum Gasteiger partial charge on any atom is 0.252 e. The topological polar surface area (TPSA) is 84.6 Å². The van der Waals surface area contributed by atoms with Gasteiger partial charge in [0.05, 0.1) is 13.1 Å². The van der Waals surface area contributed by atoms with Crippen molar-refractivity contribution >= 4 is 15.1 Å². The summed E-state index contributed by atoms with van der Waals surface area (Å²) in [5.41, 5.74) is 0. The van der Waals surface area contributed by atoms with E-state index in [1.54, 1.807) is 0 Å². The molecule has 10 heavy (non-hydrogen) atoms. The molecule has 5 nitrogen and oxygen atoms in total. The second-order valence-electron chi connectivity index (χ2n) is 2.00. The smallest absolute Gasteiger partial charge is 0.252 e. The van der Waals surface area contributed by atoms with E-state index in [9.17, 15) is 8.42 Å². The molecule has 0 saturated carbocycles. The highest BCUT2D eigenvalue weighted by Gasteiger charge is 2.15. The van der Waals surface area contributed by atoms with Gasteiger partial charge in [-0.1, -0.05) is 0 Å². The van der Waals surface area contributed by atoms with Crippen molar-refractivity contribution in [3.63, 3.8) is 0 Å². The number of nitrogens with zero attached hydrogens (tertiary/aromatic N) is 1. The van der Waals surface area contributed by atoms with Gasteiger partial charge in [-0.2, -0.15) is 0 Å². The van der Waals surface area contributed by atoms with Gasteiger partial charge in [0.1, 0.15) is 0 Å². The van der Waals surface area contributed by atoms with E-state index in [2.05, 4.69) is 10.3 Å². The normalized spacial score (nSPS) is 20.3. The molecule has 0 spiro atoms. The Labute approximate surface area is 59.4 Å². The molecule has 0 bridgehead atoms. The van der Waals surface area contributed by atoms with Crippen molar-refractivity contribution in [2.75, 3.05) is 19.6 Å². The minimum Gasteiger partial charge on any atom is -0.309 e. The standard InChI is InChI=1S/C4H9N3O2S/c5-10(8,9)4-3-6-1-2-7-4/h6H,1-3H2,(H2,5,8,9). The molecule has 0 aromatic carbocycles. The molecule has 1 heterocycles. The van der Waals surface area contributed by atoms with Crippen LogP contribution in [0.3, 0.4) is 0 Å². The predicted molar refractivity (Wildman–Crippen MR) is 38.3 cm³/mol. The van der Waals surface area contributed by atoms with Gasteiger partial charge in [-0.05, 0) is 0 Å². The summed E-state index contributed by atoms with van der Waals surface area (Å²) in [5.74, 6) is 0. The highest BCUT2D eigenvalue weighted by Crippen LogP contribution is 1.89. The minimum absolute atomic E-state index is 0.0544. The van der Waals surface area contributed by atoms with Crippen molar-refractivity contribution in [1.82, 2.24) is 5.32 Å². The van der Waals surface area contributed by atoms with Crippen molar-refractivity contribution in [2.45, 2.75) is 0 Å². The van der Waals surface area contributed by atoms with E-state index in [1.165, 1.54) is 0 Å². The van der Waals surface area contributed by atoms with Crippen molar-refractivity contribution < 1.29 is 8.42 Å². The lowest BCUT2D eigenvalue weighted by Gasteiger charge is -2.10. The molecule has 0 amide bonds. The van der Waals surface area contributed by atoms with Gasteiger partial charge < -0.3 is 5.32 Å². The Balaban J connectivity index is 2.82. The number of primary sulfonamides is 1. The molecule has 1 aliphatic rings. The molecule has 0 saturated heterocycles. The summed E-state index contributed by atoms with van der Waals surface area (Å²) in [7, 11) is -3.54. The molecule has 0 atom stereocenters. The van der Waals surface area contributed by atoms with Crippen LogP contribution >= 0.6 is 0 Å². The third kappa shape index (κ3) is 1.76. The fraction of sp³-hybridized carbons (Fsp3) is 0.750. The molecule has 0 aliphatic carbocycles. The SMILES string of the molecule is NS(=O)(=O)C1=NCCNC1. The largest absolute Gasteiger partial charge is 0.309 e. The molecule has 0 aromatic heterocycles. The van der Waals surface area contributed by atoms with E-state index in [-0.39, 0.29) is 11.6 Å². The Kier molecular flexibility index (Phi) is 2.02. The van der Waals surface area contributed by atoms with Crippen molar-refractivity contribution in [2.24, 2.45) is 10.1 Å². The first-order chi connectivity index (χ1) is 4.61. The zero-order valence-electron chi connectivity index (χ0n) is 5.37. The maximum atomic E-state index is 10.6. The van der Waals surface area contributed by atoms with Gasteiger partial charge in [0.15, 0.2) is 5.04 Å². The van der Waals surface area contributed by atoms with Crippen LogP contribution in [0.25, 0.3) is 0 Å². The number of hydrogen-bond acceptors (Lipinski definition) is 4. The first-order valence-electron chi connectivity index (χ1n) is 2.87. The van der Waals surface area contributed by atoms with Crippen LogP contribution in [0, 0.1) is 0 Å². The molecule has 6 heteroatoms. The maximum absolute atomic E-state index is 10.6. The average Bonchev–Trinajstić information content (AvgIpc) is 1.88. The molecule has 1 rings (SSSR count).